The molecule has 1 atom stereocenters. The average Bonchev–Trinajstić information content (AvgIpc) is 2.90. The molecule has 0 spiro atoms. The lowest BCUT2D eigenvalue weighted by molar-refractivity contribution is -0.118. The Hall–Kier alpha value is -2.29. The lowest BCUT2D eigenvalue weighted by Gasteiger charge is -2.12. The number of aromatic nitrogens is 4. The minimum absolute atomic E-state index is 0.0720. The van der Waals surface area contributed by atoms with E-state index in [0.29, 0.717) is 5.82 Å². The van der Waals surface area contributed by atoms with Crippen LogP contribution in [0.5, 0.6) is 0 Å². The molecule has 0 aliphatic rings. The Bertz CT molecular complexity index is 751. The molecule has 0 aliphatic heterocycles. The van der Waals surface area contributed by atoms with Crippen molar-refractivity contribution in [3.8, 4) is 0 Å². The summed E-state index contributed by atoms with van der Waals surface area (Å²) in [6.07, 6.45) is 6.68. The van der Waals surface area contributed by atoms with Crippen molar-refractivity contribution in [3.05, 3.63) is 30.6 Å². The monoisotopic (exact) mass is 309 g/mol. The van der Waals surface area contributed by atoms with Crippen LogP contribution in [0.15, 0.2) is 29.9 Å². The molecule has 8 nitrogen and oxygen atoms in total. The summed E-state index contributed by atoms with van der Waals surface area (Å²) < 4.78 is 24.2. The standard InChI is InChI=1S/C12H15N5O3S/c1-8-4-14-10(5-13-8)16-12(18)9(2)17-6-11(15-7-17)21(3,19)20/h4-7,9H,1-3H3,(H,14,16,18). The maximum atomic E-state index is 12.1. The lowest BCUT2D eigenvalue weighted by atomic mass is 10.3. The first-order valence-corrected chi connectivity index (χ1v) is 7.99. The summed E-state index contributed by atoms with van der Waals surface area (Å²) in [7, 11) is -3.39. The Morgan fingerprint density at radius 1 is 1.29 bits per heavy atom. The first-order valence-electron chi connectivity index (χ1n) is 6.10. The van der Waals surface area contributed by atoms with Gasteiger partial charge in [-0.1, -0.05) is 0 Å². The molecule has 2 aromatic heterocycles. The van der Waals surface area contributed by atoms with E-state index in [1.54, 1.807) is 20.0 Å². The smallest absolute Gasteiger partial charge is 0.248 e. The Labute approximate surface area is 122 Å². The number of anilines is 1. The van der Waals surface area contributed by atoms with Gasteiger partial charge in [-0.05, 0) is 13.8 Å². The number of rotatable bonds is 4. The van der Waals surface area contributed by atoms with E-state index in [2.05, 4.69) is 20.3 Å². The number of imidazole rings is 1. The van der Waals surface area contributed by atoms with Crippen molar-refractivity contribution >= 4 is 21.6 Å². The summed E-state index contributed by atoms with van der Waals surface area (Å²) in [5.41, 5.74) is 0.744. The van der Waals surface area contributed by atoms with Crippen molar-refractivity contribution in [2.75, 3.05) is 11.6 Å². The van der Waals surface area contributed by atoms with E-state index in [1.165, 1.54) is 23.3 Å². The van der Waals surface area contributed by atoms with Crippen LogP contribution >= 0.6 is 0 Å². The molecule has 0 fully saturated rings. The topological polar surface area (TPSA) is 107 Å². The van der Waals surface area contributed by atoms with Gasteiger partial charge >= 0.3 is 0 Å². The molecule has 0 aromatic carbocycles. The maximum absolute atomic E-state index is 12.1. The molecule has 9 heteroatoms. The van der Waals surface area contributed by atoms with Crippen LogP contribution in [-0.2, 0) is 14.6 Å². The zero-order valence-corrected chi connectivity index (χ0v) is 12.6. The van der Waals surface area contributed by atoms with Crippen molar-refractivity contribution in [1.82, 2.24) is 19.5 Å². The molecule has 0 bridgehead atoms. The summed E-state index contributed by atoms with van der Waals surface area (Å²) in [5.74, 6) is -0.00786. The Morgan fingerprint density at radius 2 is 2.00 bits per heavy atom. The van der Waals surface area contributed by atoms with Gasteiger partial charge in [0.15, 0.2) is 20.7 Å². The van der Waals surface area contributed by atoms with Gasteiger partial charge in [0, 0.05) is 12.5 Å². The molecular weight excluding hydrogens is 294 g/mol. The molecule has 112 valence electrons. The van der Waals surface area contributed by atoms with Gasteiger partial charge in [-0.2, -0.15) is 0 Å². The Morgan fingerprint density at radius 3 is 2.52 bits per heavy atom. The van der Waals surface area contributed by atoms with Crippen molar-refractivity contribution in [1.29, 1.82) is 0 Å². The van der Waals surface area contributed by atoms with Gasteiger partial charge in [-0.3, -0.25) is 9.78 Å². The minimum Gasteiger partial charge on any atom is -0.324 e. The van der Waals surface area contributed by atoms with Crippen LogP contribution in [-0.4, -0.2) is 40.1 Å². The quantitative estimate of drug-likeness (QED) is 0.885. The average molecular weight is 309 g/mol. The van der Waals surface area contributed by atoms with E-state index in [4.69, 9.17) is 0 Å². The largest absolute Gasteiger partial charge is 0.324 e. The van der Waals surface area contributed by atoms with Crippen LogP contribution in [0.2, 0.25) is 0 Å². The SMILES string of the molecule is Cc1cnc(NC(=O)C(C)n2cnc(S(C)(=O)=O)c2)cn1. The molecule has 1 unspecified atom stereocenters. The second-order valence-electron chi connectivity index (χ2n) is 4.64. The molecule has 1 N–H and O–H groups in total. The number of carbonyl (C=O) groups excluding carboxylic acids is 1. The molecule has 0 saturated carbocycles. The third-order valence-corrected chi connectivity index (χ3v) is 3.79. The molecule has 0 radical (unpaired) electrons. The van der Waals surface area contributed by atoms with E-state index < -0.39 is 15.9 Å². The third-order valence-electron chi connectivity index (χ3n) is 2.82. The summed E-state index contributed by atoms with van der Waals surface area (Å²) in [5, 5.41) is 2.53. The van der Waals surface area contributed by atoms with Gasteiger partial charge in [0.25, 0.3) is 0 Å². The molecule has 1 amide bonds. The van der Waals surface area contributed by atoms with Crippen molar-refractivity contribution in [2.45, 2.75) is 24.9 Å². The van der Waals surface area contributed by atoms with Gasteiger partial charge in [0.05, 0.1) is 24.4 Å². The Kier molecular flexibility index (Phi) is 4.03. The molecule has 0 aliphatic carbocycles. The van der Waals surface area contributed by atoms with Gasteiger partial charge in [-0.15, -0.1) is 0 Å². The number of nitrogens with one attached hydrogen (secondary N) is 1. The molecule has 2 heterocycles. The predicted octanol–water partition coefficient (Wildman–Crippen LogP) is 0.585. The first kappa shape index (κ1) is 15.1. The number of aryl methyl sites for hydroxylation is 1. The molecule has 21 heavy (non-hydrogen) atoms. The fourth-order valence-electron chi connectivity index (χ4n) is 1.54. The van der Waals surface area contributed by atoms with Crippen LogP contribution in [0.1, 0.15) is 18.7 Å². The van der Waals surface area contributed by atoms with E-state index in [0.717, 1.165) is 11.9 Å². The molecule has 2 rings (SSSR count). The van der Waals surface area contributed by atoms with Crippen LogP contribution < -0.4 is 5.32 Å². The normalized spacial score (nSPS) is 12.9. The number of sulfone groups is 1. The molecule has 2 aromatic rings. The highest BCUT2D eigenvalue weighted by atomic mass is 32.2. The minimum atomic E-state index is -3.39. The second kappa shape index (κ2) is 5.60. The predicted molar refractivity (Wildman–Crippen MR) is 75.4 cm³/mol. The summed E-state index contributed by atoms with van der Waals surface area (Å²) in [6, 6.07) is -0.629. The Balaban J connectivity index is 2.12. The zero-order chi connectivity index (χ0) is 15.6. The first-order chi connectivity index (χ1) is 9.77. The van der Waals surface area contributed by atoms with Gasteiger partial charge in [-0.25, -0.2) is 18.4 Å². The molecule has 0 saturated heterocycles. The summed E-state index contributed by atoms with van der Waals surface area (Å²) in [4.78, 5) is 23.9. The maximum Gasteiger partial charge on any atom is 0.248 e. The highest BCUT2D eigenvalue weighted by molar-refractivity contribution is 7.90. The number of carbonyl (C=O) groups is 1. The second-order valence-corrected chi connectivity index (χ2v) is 6.60. The number of hydrogen-bond acceptors (Lipinski definition) is 6. The summed E-state index contributed by atoms with van der Waals surface area (Å²) in [6.45, 7) is 3.42. The molecular formula is C12H15N5O3S. The van der Waals surface area contributed by atoms with Crippen LogP contribution in [0.4, 0.5) is 5.82 Å². The third kappa shape index (κ3) is 3.63. The highest BCUT2D eigenvalue weighted by Crippen LogP contribution is 2.13. The number of nitrogens with zero attached hydrogens (tertiary/aromatic N) is 4. The van der Waals surface area contributed by atoms with E-state index in [1.807, 2.05) is 0 Å². The van der Waals surface area contributed by atoms with Gasteiger partial charge in [0.1, 0.15) is 6.04 Å². The van der Waals surface area contributed by atoms with Crippen LogP contribution in [0.25, 0.3) is 0 Å². The lowest BCUT2D eigenvalue weighted by Crippen LogP contribution is -2.23. The van der Waals surface area contributed by atoms with Gasteiger partial charge < -0.3 is 9.88 Å². The number of hydrogen-bond donors (Lipinski definition) is 1. The fourth-order valence-corrected chi connectivity index (χ4v) is 2.10. The highest BCUT2D eigenvalue weighted by Gasteiger charge is 2.18. The van der Waals surface area contributed by atoms with Crippen LogP contribution in [0.3, 0.4) is 0 Å². The van der Waals surface area contributed by atoms with E-state index in [-0.39, 0.29) is 10.9 Å². The van der Waals surface area contributed by atoms with E-state index in [9.17, 15) is 13.2 Å². The van der Waals surface area contributed by atoms with Crippen molar-refractivity contribution in [2.24, 2.45) is 0 Å². The zero-order valence-electron chi connectivity index (χ0n) is 11.8. The fraction of sp³-hybridized carbons (Fsp3) is 0.333. The number of amides is 1. The van der Waals surface area contributed by atoms with Crippen LogP contribution in [0, 0.1) is 6.92 Å². The van der Waals surface area contributed by atoms with E-state index >= 15 is 0 Å². The summed E-state index contributed by atoms with van der Waals surface area (Å²) >= 11 is 0. The van der Waals surface area contributed by atoms with Crippen molar-refractivity contribution < 1.29 is 13.2 Å². The van der Waals surface area contributed by atoms with Gasteiger partial charge in [0.2, 0.25) is 5.91 Å². The van der Waals surface area contributed by atoms with Crippen molar-refractivity contribution in [3.63, 3.8) is 0 Å².